The van der Waals surface area contributed by atoms with E-state index in [4.69, 9.17) is 0 Å². The summed E-state index contributed by atoms with van der Waals surface area (Å²) in [5.41, 5.74) is 1.01. The minimum atomic E-state index is -0.184. The van der Waals surface area contributed by atoms with Gasteiger partial charge in [-0.05, 0) is 37.5 Å². The Morgan fingerprint density at radius 2 is 2.16 bits per heavy atom. The summed E-state index contributed by atoms with van der Waals surface area (Å²) in [6.07, 6.45) is 4.32. The lowest BCUT2D eigenvalue weighted by Crippen LogP contribution is -2.39. The van der Waals surface area contributed by atoms with Crippen LogP contribution in [-0.4, -0.2) is 40.4 Å². The lowest BCUT2D eigenvalue weighted by Gasteiger charge is -2.12. The molecule has 1 aromatic heterocycles. The van der Waals surface area contributed by atoms with Crippen molar-refractivity contribution in [2.75, 3.05) is 19.6 Å². The molecule has 25 heavy (non-hydrogen) atoms. The molecule has 0 spiro atoms. The van der Waals surface area contributed by atoms with Gasteiger partial charge in [-0.1, -0.05) is 19.1 Å². The highest BCUT2D eigenvalue weighted by atomic mass is 19.1. The van der Waals surface area contributed by atoms with Crippen LogP contribution in [0.3, 0.4) is 0 Å². The Balaban J connectivity index is 1.75. The molecule has 0 aliphatic heterocycles. The summed E-state index contributed by atoms with van der Waals surface area (Å²) < 4.78 is 15.2. The van der Waals surface area contributed by atoms with Crippen LogP contribution in [0.25, 0.3) is 0 Å². The molecule has 0 saturated heterocycles. The predicted octanol–water partition coefficient (Wildman–Crippen LogP) is 2.17. The fraction of sp³-hybridized carbons (Fsp3) is 0.500. The van der Waals surface area contributed by atoms with Crippen molar-refractivity contribution in [2.45, 2.75) is 39.7 Å². The van der Waals surface area contributed by atoms with E-state index in [2.05, 4.69) is 32.7 Å². The molecule has 0 amide bonds. The number of aromatic nitrogens is 3. The number of aliphatic imine (C=N–C) groups is 1. The fourth-order valence-electron chi connectivity index (χ4n) is 2.54. The largest absolute Gasteiger partial charge is 0.357 e. The normalized spacial score (nSPS) is 11.6. The molecule has 0 unspecified atom stereocenters. The zero-order chi connectivity index (χ0) is 17.9. The van der Waals surface area contributed by atoms with Gasteiger partial charge in [0, 0.05) is 32.6 Å². The molecule has 0 aliphatic rings. The Kier molecular flexibility index (Phi) is 7.88. The number of halogens is 1. The van der Waals surface area contributed by atoms with Crippen LogP contribution in [-0.2, 0) is 19.4 Å². The Bertz CT molecular complexity index is 667. The van der Waals surface area contributed by atoms with E-state index in [1.807, 2.05) is 17.6 Å². The summed E-state index contributed by atoms with van der Waals surface area (Å²) in [5, 5.41) is 14.6. The molecule has 2 rings (SSSR count). The van der Waals surface area contributed by atoms with Gasteiger partial charge in [-0.15, -0.1) is 10.2 Å². The maximum absolute atomic E-state index is 13.2. The first-order valence-electron chi connectivity index (χ1n) is 8.86. The minimum absolute atomic E-state index is 0.184. The number of rotatable bonds is 9. The van der Waals surface area contributed by atoms with Crippen molar-refractivity contribution in [1.29, 1.82) is 0 Å². The molecule has 0 fully saturated rings. The number of nitrogens with one attached hydrogen (secondary N) is 2. The molecule has 1 aromatic carbocycles. The highest BCUT2D eigenvalue weighted by Crippen LogP contribution is 2.06. The van der Waals surface area contributed by atoms with Crippen molar-refractivity contribution in [1.82, 2.24) is 25.4 Å². The third kappa shape index (κ3) is 6.52. The van der Waals surface area contributed by atoms with Crippen molar-refractivity contribution in [3.05, 3.63) is 47.8 Å². The highest BCUT2D eigenvalue weighted by Gasteiger charge is 2.02. The fourth-order valence-corrected chi connectivity index (χ4v) is 2.54. The van der Waals surface area contributed by atoms with Gasteiger partial charge in [-0.2, -0.15) is 0 Å². The first-order valence-corrected chi connectivity index (χ1v) is 8.86. The average Bonchev–Trinajstić information content (AvgIpc) is 3.06. The molecule has 136 valence electrons. The summed E-state index contributed by atoms with van der Waals surface area (Å²) in [6, 6.07) is 6.74. The smallest absolute Gasteiger partial charge is 0.191 e. The number of nitrogens with zero attached hydrogens (tertiary/aromatic N) is 4. The van der Waals surface area contributed by atoms with E-state index in [0.717, 1.165) is 56.2 Å². The third-order valence-electron chi connectivity index (χ3n) is 3.78. The van der Waals surface area contributed by atoms with Crippen LogP contribution in [0, 0.1) is 5.82 Å². The maximum atomic E-state index is 13.2. The molecule has 2 N–H and O–H groups in total. The van der Waals surface area contributed by atoms with Crippen molar-refractivity contribution in [2.24, 2.45) is 4.99 Å². The molecule has 7 heteroatoms. The number of hydrogen-bond acceptors (Lipinski definition) is 3. The van der Waals surface area contributed by atoms with Gasteiger partial charge in [0.25, 0.3) is 0 Å². The SMILES string of the molecule is CCNC(=NCCCc1cccc(F)c1)NCCn1cnnc1CC. The second kappa shape index (κ2) is 10.4. The standard InChI is InChI=1S/C18H27FN6/c1-3-17-24-23-14-25(17)12-11-22-18(20-4-2)21-10-6-8-15-7-5-9-16(19)13-15/h5,7,9,13-14H,3-4,6,8,10-12H2,1-2H3,(H2,20,21,22). The van der Waals surface area contributed by atoms with Crippen molar-refractivity contribution in [3.8, 4) is 0 Å². The van der Waals surface area contributed by atoms with Crippen molar-refractivity contribution >= 4 is 5.96 Å². The molecule has 0 saturated carbocycles. The number of hydrogen-bond donors (Lipinski definition) is 2. The summed E-state index contributed by atoms with van der Waals surface area (Å²) in [5.74, 6) is 1.60. The van der Waals surface area contributed by atoms with Gasteiger partial charge in [-0.25, -0.2) is 4.39 Å². The minimum Gasteiger partial charge on any atom is -0.357 e. The van der Waals surface area contributed by atoms with Crippen LogP contribution in [0.1, 0.15) is 31.7 Å². The third-order valence-corrected chi connectivity index (χ3v) is 3.78. The first-order chi connectivity index (χ1) is 12.2. The van der Waals surface area contributed by atoms with E-state index < -0.39 is 0 Å². The topological polar surface area (TPSA) is 67.1 Å². The van der Waals surface area contributed by atoms with Gasteiger partial charge in [0.2, 0.25) is 0 Å². The average molecular weight is 346 g/mol. The monoisotopic (exact) mass is 346 g/mol. The highest BCUT2D eigenvalue weighted by molar-refractivity contribution is 5.79. The van der Waals surface area contributed by atoms with Gasteiger partial charge in [0.15, 0.2) is 5.96 Å². The van der Waals surface area contributed by atoms with E-state index in [-0.39, 0.29) is 5.82 Å². The van der Waals surface area contributed by atoms with E-state index in [9.17, 15) is 4.39 Å². The van der Waals surface area contributed by atoms with Crippen molar-refractivity contribution in [3.63, 3.8) is 0 Å². The Morgan fingerprint density at radius 1 is 1.28 bits per heavy atom. The summed E-state index contributed by atoms with van der Waals surface area (Å²) in [6.45, 7) is 7.16. The van der Waals surface area contributed by atoms with Crippen LogP contribution in [0.4, 0.5) is 4.39 Å². The molecule has 0 bridgehead atoms. The second-order valence-corrected chi connectivity index (χ2v) is 5.72. The summed E-state index contributed by atoms with van der Waals surface area (Å²) >= 11 is 0. The summed E-state index contributed by atoms with van der Waals surface area (Å²) in [7, 11) is 0. The van der Waals surface area contributed by atoms with Gasteiger partial charge in [0.1, 0.15) is 18.0 Å². The first kappa shape index (κ1) is 18.9. The second-order valence-electron chi connectivity index (χ2n) is 5.72. The van der Waals surface area contributed by atoms with E-state index >= 15 is 0 Å². The number of benzene rings is 1. The van der Waals surface area contributed by atoms with Gasteiger partial charge in [0.05, 0.1) is 0 Å². The Labute approximate surface area is 148 Å². The van der Waals surface area contributed by atoms with Crippen LogP contribution < -0.4 is 10.6 Å². The number of guanidine groups is 1. The Morgan fingerprint density at radius 3 is 2.92 bits per heavy atom. The van der Waals surface area contributed by atoms with E-state index in [0.29, 0.717) is 6.54 Å². The van der Waals surface area contributed by atoms with E-state index in [1.54, 1.807) is 18.5 Å². The molecule has 6 nitrogen and oxygen atoms in total. The van der Waals surface area contributed by atoms with Crippen LogP contribution in [0.5, 0.6) is 0 Å². The van der Waals surface area contributed by atoms with Gasteiger partial charge < -0.3 is 15.2 Å². The van der Waals surface area contributed by atoms with Crippen LogP contribution >= 0.6 is 0 Å². The summed E-state index contributed by atoms with van der Waals surface area (Å²) in [4.78, 5) is 4.57. The molecule has 0 radical (unpaired) electrons. The zero-order valence-electron chi connectivity index (χ0n) is 15.0. The molecular formula is C18H27FN6. The molecular weight excluding hydrogens is 319 g/mol. The predicted molar refractivity (Wildman–Crippen MR) is 98.1 cm³/mol. The van der Waals surface area contributed by atoms with Crippen molar-refractivity contribution < 1.29 is 4.39 Å². The quantitative estimate of drug-likeness (QED) is 0.415. The lowest BCUT2D eigenvalue weighted by molar-refractivity contribution is 0.624. The van der Waals surface area contributed by atoms with Crippen LogP contribution in [0.2, 0.25) is 0 Å². The van der Waals surface area contributed by atoms with E-state index in [1.165, 1.54) is 6.07 Å². The van der Waals surface area contributed by atoms with Gasteiger partial charge >= 0.3 is 0 Å². The van der Waals surface area contributed by atoms with Gasteiger partial charge in [-0.3, -0.25) is 4.99 Å². The molecule has 0 atom stereocenters. The molecule has 1 heterocycles. The molecule has 2 aromatic rings. The zero-order valence-corrected chi connectivity index (χ0v) is 15.0. The number of aryl methyl sites for hydroxylation is 2. The lowest BCUT2D eigenvalue weighted by atomic mass is 10.1. The maximum Gasteiger partial charge on any atom is 0.191 e. The molecule has 0 aliphatic carbocycles. The van der Waals surface area contributed by atoms with Crippen LogP contribution in [0.15, 0.2) is 35.6 Å². The Hall–Kier alpha value is -2.44.